The van der Waals surface area contributed by atoms with Gasteiger partial charge in [0.15, 0.2) is 0 Å². The summed E-state index contributed by atoms with van der Waals surface area (Å²) in [5, 5.41) is 0. The van der Waals surface area contributed by atoms with Gasteiger partial charge >= 0.3 is 0 Å². The monoisotopic (exact) mass is 239 g/mol. The average molecular weight is 239 g/mol. The first-order valence-electron chi connectivity index (χ1n) is 6.28. The second-order valence-corrected chi connectivity index (χ2v) is 4.34. The molecule has 2 N–H and O–H groups in total. The van der Waals surface area contributed by atoms with Crippen LogP contribution in [0.15, 0.2) is 24.3 Å². The Hall–Kier alpha value is -0.930. The summed E-state index contributed by atoms with van der Waals surface area (Å²) < 4.78 is 18.5. The minimum Gasteiger partial charge on any atom is -0.381 e. The van der Waals surface area contributed by atoms with Crippen molar-refractivity contribution in [3.63, 3.8) is 0 Å². The molecule has 0 fully saturated rings. The molecule has 0 amide bonds. The average Bonchev–Trinajstić information content (AvgIpc) is 2.33. The summed E-state index contributed by atoms with van der Waals surface area (Å²) in [5.41, 5.74) is 6.73. The molecule has 0 aliphatic rings. The third kappa shape index (κ3) is 5.80. The van der Waals surface area contributed by atoms with E-state index in [1.54, 1.807) is 12.1 Å². The Labute approximate surface area is 103 Å². The van der Waals surface area contributed by atoms with Crippen molar-refractivity contribution in [2.45, 2.75) is 26.2 Å². The molecule has 0 aliphatic carbocycles. The van der Waals surface area contributed by atoms with Crippen LogP contribution in [0.2, 0.25) is 0 Å². The van der Waals surface area contributed by atoms with Crippen molar-refractivity contribution in [3.05, 3.63) is 35.6 Å². The van der Waals surface area contributed by atoms with E-state index < -0.39 is 0 Å². The van der Waals surface area contributed by atoms with E-state index in [0.717, 1.165) is 38.0 Å². The standard InChI is InChI=1S/C14H22FNO/c1-2-7-17-8-6-13(11-16)9-12-4-3-5-14(15)10-12/h3-5,10,13H,2,6-9,11,16H2,1H3. The third-order valence-electron chi connectivity index (χ3n) is 2.77. The van der Waals surface area contributed by atoms with Gasteiger partial charge in [0.1, 0.15) is 5.82 Å². The van der Waals surface area contributed by atoms with Crippen LogP contribution in [0.1, 0.15) is 25.3 Å². The van der Waals surface area contributed by atoms with Gasteiger partial charge in [0.2, 0.25) is 0 Å². The smallest absolute Gasteiger partial charge is 0.123 e. The first-order chi connectivity index (χ1) is 8.26. The van der Waals surface area contributed by atoms with Crippen molar-refractivity contribution in [2.24, 2.45) is 11.7 Å². The Morgan fingerprint density at radius 1 is 1.35 bits per heavy atom. The molecule has 1 atom stereocenters. The summed E-state index contributed by atoms with van der Waals surface area (Å²) in [6, 6.07) is 6.73. The lowest BCUT2D eigenvalue weighted by atomic mass is 9.96. The summed E-state index contributed by atoms with van der Waals surface area (Å²) >= 11 is 0. The molecule has 0 saturated heterocycles. The summed E-state index contributed by atoms with van der Waals surface area (Å²) in [6.45, 7) is 4.25. The Kier molecular flexibility index (Phi) is 6.82. The van der Waals surface area contributed by atoms with E-state index in [0.29, 0.717) is 12.5 Å². The van der Waals surface area contributed by atoms with Crippen LogP contribution in [0.5, 0.6) is 0 Å². The van der Waals surface area contributed by atoms with Crippen molar-refractivity contribution in [1.82, 2.24) is 0 Å². The first kappa shape index (κ1) is 14.1. The van der Waals surface area contributed by atoms with E-state index >= 15 is 0 Å². The second-order valence-electron chi connectivity index (χ2n) is 4.34. The number of ether oxygens (including phenoxy) is 1. The topological polar surface area (TPSA) is 35.2 Å². The maximum absolute atomic E-state index is 13.0. The van der Waals surface area contributed by atoms with Gasteiger partial charge in [0.05, 0.1) is 0 Å². The zero-order chi connectivity index (χ0) is 12.5. The number of hydrogen-bond acceptors (Lipinski definition) is 2. The lowest BCUT2D eigenvalue weighted by molar-refractivity contribution is 0.121. The van der Waals surface area contributed by atoms with Gasteiger partial charge in [0, 0.05) is 13.2 Å². The highest BCUT2D eigenvalue weighted by molar-refractivity contribution is 5.16. The molecule has 1 aromatic carbocycles. The predicted octanol–water partition coefficient (Wildman–Crippen LogP) is 2.76. The number of benzene rings is 1. The van der Waals surface area contributed by atoms with Crippen LogP contribution in [0.4, 0.5) is 4.39 Å². The van der Waals surface area contributed by atoms with Gasteiger partial charge in [-0.25, -0.2) is 4.39 Å². The van der Waals surface area contributed by atoms with Crippen molar-refractivity contribution >= 4 is 0 Å². The molecule has 17 heavy (non-hydrogen) atoms. The van der Waals surface area contributed by atoms with E-state index in [2.05, 4.69) is 6.92 Å². The zero-order valence-corrected chi connectivity index (χ0v) is 10.5. The molecule has 1 unspecified atom stereocenters. The van der Waals surface area contributed by atoms with E-state index in [1.807, 2.05) is 6.07 Å². The highest BCUT2D eigenvalue weighted by Gasteiger charge is 2.08. The van der Waals surface area contributed by atoms with Gasteiger partial charge in [0.25, 0.3) is 0 Å². The molecule has 0 heterocycles. The molecule has 1 aromatic rings. The van der Waals surface area contributed by atoms with Crippen LogP contribution < -0.4 is 5.73 Å². The lowest BCUT2D eigenvalue weighted by Gasteiger charge is -2.14. The Morgan fingerprint density at radius 2 is 2.18 bits per heavy atom. The molecule has 0 bridgehead atoms. The maximum Gasteiger partial charge on any atom is 0.123 e. The molecule has 2 nitrogen and oxygen atoms in total. The van der Waals surface area contributed by atoms with Crippen LogP contribution in [-0.2, 0) is 11.2 Å². The normalized spacial score (nSPS) is 12.6. The fourth-order valence-corrected chi connectivity index (χ4v) is 1.80. The molecule has 1 rings (SSSR count). The molecular formula is C14H22FNO. The van der Waals surface area contributed by atoms with Gasteiger partial charge in [-0.2, -0.15) is 0 Å². The summed E-state index contributed by atoms with van der Waals surface area (Å²) in [6.07, 6.45) is 2.80. The SMILES string of the molecule is CCCOCCC(CN)Cc1cccc(F)c1. The van der Waals surface area contributed by atoms with E-state index in [-0.39, 0.29) is 5.82 Å². The number of rotatable bonds is 8. The Balaban J connectivity index is 2.35. The number of halogens is 1. The fourth-order valence-electron chi connectivity index (χ4n) is 1.80. The highest BCUT2D eigenvalue weighted by Crippen LogP contribution is 2.12. The minimum absolute atomic E-state index is 0.180. The summed E-state index contributed by atoms with van der Waals surface area (Å²) in [4.78, 5) is 0. The van der Waals surface area contributed by atoms with Crippen molar-refractivity contribution in [3.8, 4) is 0 Å². The Bertz CT molecular complexity index is 317. The number of hydrogen-bond donors (Lipinski definition) is 1. The zero-order valence-electron chi connectivity index (χ0n) is 10.5. The number of nitrogens with two attached hydrogens (primary N) is 1. The van der Waals surface area contributed by atoms with E-state index in [9.17, 15) is 4.39 Å². The largest absolute Gasteiger partial charge is 0.381 e. The molecule has 0 aliphatic heterocycles. The molecule has 0 saturated carbocycles. The summed E-state index contributed by atoms with van der Waals surface area (Å²) in [7, 11) is 0. The second kappa shape index (κ2) is 8.20. The van der Waals surface area contributed by atoms with Crippen LogP contribution >= 0.6 is 0 Å². The summed E-state index contributed by atoms with van der Waals surface area (Å²) in [5.74, 6) is 0.189. The van der Waals surface area contributed by atoms with Crippen molar-refractivity contribution in [1.29, 1.82) is 0 Å². The molecule has 0 radical (unpaired) electrons. The van der Waals surface area contributed by atoms with Crippen LogP contribution in [-0.4, -0.2) is 19.8 Å². The van der Waals surface area contributed by atoms with Gasteiger partial charge in [-0.3, -0.25) is 0 Å². The lowest BCUT2D eigenvalue weighted by Crippen LogP contribution is -2.19. The van der Waals surface area contributed by atoms with Gasteiger partial charge < -0.3 is 10.5 Å². The van der Waals surface area contributed by atoms with Gasteiger partial charge in [-0.1, -0.05) is 19.1 Å². The van der Waals surface area contributed by atoms with Crippen LogP contribution in [0.3, 0.4) is 0 Å². The molecule has 3 heteroatoms. The van der Waals surface area contributed by atoms with Crippen molar-refractivity contribution in [2.75, 3.05) is 19.8 Å². The van der Waals surface area contributed by atoms with Crippen molar-refractivity contribution < 1.29 is 9.13 Å². The third-order valence-corrected chi connectivity index (χ3v) is 2.77. The van der Waals surface area contributed by atoms with E-state index in [4.69, 9.17) is 10.5 Å². The fraction of sp³-hybridized carbons (Fsp3) is 0.571. The maximum atomic E-state index is 13.0. The van der Waals surface area contributed by atoms with Crippen LogP contribution in [0, 0.1) is 11.7 Å². The highest BCUT2D eigenvalue weighted by atomic mass is 19.1. The first-order valence-corrected chi connectivity index (χ1v) is 6.28. The van der Waals surface area contributed by atoms with E-state index in [1.165, 1.54) is 6.07 Å². The molecule has 0 spiro atoms. The van der Waals surface area contributed by atoms with Crippen LogP contribution in [0.25, 0.3) is 0 Å². The van der Waals surface area contributed by atoms with Gasteiger partial charge in [-0.15, -0.1) is 0 Å². The molecule has 96 valence electrons. The quantitative estimate of drug-likeness (QED) is 0.708. The minimum atomic E-state index is -0.180. The molecular weight excluding hydrogens is 217 g/mol. The van der Waals surface area contributed by atoms with Gasteiger partial charge in [-0.05, 0) is 49.4 Å². The molecule has 0 aromatic heterocycles. The predicted molar refractivity (Wildman–Crippen MR) is 68.4 cm³/mol. The Morgan fingerprint density at radius 3 is 2.82 bits per heavy atom.